The van der Waals surface area contributed by atoms with Gasteiger partial charge in [-0.2, -0.15) is 0 Å². The topological polar surface area (TPSA) is 58.6 Å². The fraction of sp³-hybridized carbons (Fsp3) is 0.529. The second-order valence-corrected chi connectivity index (χ2v) is 6.09. The van der Waals surface area contributed by atoms with E-state index in [2.05, 4.69) is 10.2 Å². The number of anilines is 1. The summed E-state index contributed by atoms with van der Waals surface area (Å²) in [5.74, 6) is -0.289. The van der Waals surface area contributed by atoms with E-state index in [0.29, 0.717) is 0 Å². The van der Waals surface area contributed by atoms with Gasteiger partial charge in [0.1, 0.15) is 6.61 Å². The maximum absolute atomic E-state index is 12.2. The van der Waals surface area contributed by atoms with Crippen LogP contribution in [0.15, 0.2) is 24.3 Å². The SMILES string of the molecule is CC(C)C(=O)OCc1ccc(NC(=O)C2CCCN2C)cc1. The fourth-order valence-electron chi connectivity index (χ4n) is 2.47. The molecule has 1 atom stereocenters. The monoisotopic (exact) mass is 304 g/mol. The Morgan fingerprint density at radius 1 is 1.32 bits per heavy atom. The Hall–Kier alpha value is -1.88. The molecule has 5 heteroatoms. The van der Waals surface area contributed by atoms with Gasteiger partial charge in [-0.25, -0.2) is 0 Å². The summed E-state index contributed by atoms with van der Waals surface area (Å²) in [7, 11) is 1.98. The van der Waals surface area contributed by atoms with Gasteiger partial charge >= 0.3 is 5.97 Å². The van der Waals surface area contributed by atoms with Gasteiger partial charge in [-0.3, -0.25) is 14.5 Å². The van der Waals surface area contributed by atoms with E-state index < -0.39 is 0 Å². The number of nitrogens with zero attached hydrogens (tertiary/aromatic N) is 1. The predicted molar refractivity (Wildman–Crippen MR) is 85.4 cm³/mol. The molecule has 1 aromatic rings. The minimum Gasteiger partial charge on any atom is -0.461 e. The minimum atomic E-state index is -0.207. The maximum Gasteiger partial charge on any atom is 0.308 e. The van der Waals surface area contributed by atoms with E-state index in [1.807, 2.05) is 31.3 Å². The summed E-state index contributed by atoms with van der Waals surface area (Å²) in [5, 5.41) is 2.94. The Labute approximate surface area is 131 Å². The first-order valence-corrected chi connectivity index (χ1v) is 7.74. The number of rotatable bonds is 5. The molecular weight excluding hydrogens is 280 g/mol. The molecule has 120 valence electrons. The smallest absolute Gasteiger partial charge is 0.308 e. The van der Waals surface area contributed by atoms with Crippen molar-refractivity contribution in [1.29, 1.82) is 0 Å². The lowest BCUT2D eigenvalue weighted by atomic mass is 10.2. The fourth-order valence-corrected chi connectivity index (χ4v) is 2.47. The van der Waals surface area contributed by atoms with Crippen LogP contribution in [0.2, 0.25) is 0 Å². The summed E-state index contributed by atoms with van der Waals surface area (Å²) >= 11 is 0. The molecule has 5 nitrogen and oxygen atoms in total. The highest BCUT2D eigenvalue weighted by Gasteiger charge is 2.27. The predicted octanol–water partition coefficient (Wildman–Crippen LogP) is 2.42. The van der Waals surface area contributed by atoms with Crippen LogP contribution in [-0.2, 0) is 20.9 Å². The van der Waals surface area contributed by atoms with Crippen molar-refractivity contribution in [2.24, 2.45) is 5.92 Å². The lowest BCUT2D eigenvalue weighted by Crippen LogP contribution is -2.37. The third kappa shape index (κ3) is 4.31. The first-order chi connectivity index (χ1) is 10.5. The van der Waals surface area contributed by atoms with Crippen LogP contribution < -0.4 is 5.32 Å². The van der Waals surface area contributed by atoms with Gasteiger partial charge < -0.3 is 10.1 Å². The Bertz CT molecular complexity index is 525. The molecule has 1 heterocycles. The number of carbonyl (C=O) groups excluding carboxylic acids is 2. The van der Waals surface area contributed by atoms with Crippen LogP contribution in [0, 0.1) is 5.92 Å². The number of hydrogen-bond donors (Lipinski definition) is 1. The molecule has 0 aliphatic carbocycles. The average Bonchev–Trinajstić information content (AvgIpc) is 2.92. The summed E-state index contributed by atoms with van der Waals surface area (Å²) in [4.78, 5) is 25.7. The molecule has 1 aromatic carbocycles. The lowest BCUT2D eigenvalue weighted by Gasteiger charge is -2.18. The first kappa shape index (κ1) is 16.5. The number of carbonyl (C=O) groups is 2. The largest absolute Gasteiger partial charge is 0.461 e. The average molecular weight is 304 g/mol. The van der Waals surface area contributed by atoms with E-state index >= 15 is 0 Å². The number of benzene rings is 1. The standard InChI is InChI=1S/C17H24N2O3/c1-12(2)17(21)22-11-13-6-8-14(9-7-13)18-16(20)15-5-4-10-19(15)3/h6-9,12,15H,4-5,10-11H2,1-3H3,(H,18,20). The van der Waals surface area contributed by atoms with Crippen molar-refractivity contribution in [1.82, 2.24) is 4.90 Å². The number of likely N-dealkylation sites (tertiary alicyclic amines) is 1. The van der Waals surface area contributed by atoms with Gasteiger partial charge in [0, 0.05) is 5.69 Å². The first-order valence-electron chi connectivity index (χ1n) is 7.74. The lowest BCUT2D eigenvalue weighted by molar-refractivity contribution is -0.148. The second-order valence-electron chi connectivity index (χ2n) is 6.09. The Morgan fingerprint density at radius 2 is 2.00 bits per heavy atom. The molecule has 2 rings (SSSR count). The molecule has 1 unspecified atom stereocenters. The molecule has 0 spiro atoms. The van der Waals surface area contributed by atoms with Crippen LogP contribution in [0.5, 0.6) is 0 Å². The summed E-state index contributed by atoms with van der Waals surface area (Å²) in [6.45, 7) is 4.84. The maximum atomic E-state index is 12.2. The van der Waals surface area contributed by atoms with Gasteiger partial charge in [-0.05, 0) is 44.1 Å². The highest BCUT2D eigenvalue weighted by atomic mass is 16.5. The molecule has 0 radical (unpaired) electrons. The number of amides is 1. The zero-order chi connectivity index (χ0) is 16.1. The summed E-state index contributed by atoms with van der Waals surface area (Å²) in [5.41, 5.74) is 1.68. The zero-order valence-corrected chi connectivity index (χ0v) is 13.5. The van der Waals surface area contributed by atoms with E-state index in [0.717, 1.165) is 30.6 Å². The third-order valence-corrected chi connectivity index (χ3v) is 3.90. The molecule has 1 N–H and O–H groups in total. The van der Waals surface area contributed by atoms with Gasteiger partial charge in [-0.15, -0.1) is 0 Å². The van der Waals surface area contributed by atoms with E-state index in [4.69, 9.17) is 4.74 Å². The van der Waals surface area contributed by atoms with Crippen molar-refractivity contribution in [2.75, 3.05) is 18.9 Å². The van der Waals surface area contributed by atoms with Gasteiger partial charge in [-0.1, -0.05) is 26.0 Å². The van der Waals surface area contributed by atoms with Gasteiger partial charge in [0.05, 0.1) is 12.0 Å². The van der Waals surface area contributed by atoms with Crippen molar-refractivity contribution in [2.45, 2.75) is 39.3 Å². The number of ether oxygens (including phenoxy) is 1. The molecule has 0 saturated carbocycles. The number of nitrogens with one attached hydrogen (secondary N) is 1. The van der Waals surface area contributed by atoms with E-state index in [1.165, 1.54) is 0 Å². The molecular formula is C17H24N2O3. The molecule has 0 aromatic heterocycles. The van der Waals surface area contributed by atoms with Crippen molar-refractivity contribution in [3.05, 3.63) is 29.8 Å². The van der Waals surface area contributed by atoms with Crippen molar-refractivity contribution < 1.29 is 14.3 Å². The number of hydrogen-bond acceptors (Lipinski definition) is 4. The number of esters is 1. The van der Waals surface area contributed by atoms with Gasteiger partial charge in [0.25, 0.3) is 0 Å². The normalized spacial score (nSPS) is 18.5. The third-order valence-electron chi connectivity index (χ3n) is 3.90. The molecule has 1 saturated heterocycles. The Balaban J connectivity index is 1.86. The van der Waals surface area contributed by atoms with E-state index in [9.17, 15) is 9.59 Å². The van der Waals surface area contributed by atoms with Gasteiger partial charge in [0.15, 0.2) is 0 Å². The van der Waals surface area contributed by atoms with Crippen LogP contribution >= 0.6 is 0 Å². The molecule has 0 bridgehead atoms. The number of likely N-dealkylation sites (N-methyl/N-ethyl adjacent to an activating group) is 1. The van der Waals surface area contributed by atoms with Gasteiger partial charge in [0.2, 0.25) is 5.91 Å². The van der Waals surface area contributed by atoms with Crippen molar-refractivity contribution in [3.63, 3.8) is 0 Å². The van der Waals surface area contributed by atoms with Crippen LogP contribution in [0.4, 0.5) is 5.69 Å². The second kappa shape index (κ2) is 7.40. The Kier molecular flexibility index (Phi) is 5.55. The molecule has 1 amide bonds. The quantitative estimate of drug-likeness (QED) is 0.849. The summed E-state index contributed by atoms with van der Waals surface area (Å²) in [6, 6.07) is 7.37. The Morgan fingerprint density at radius 3 is 2.55 bits per heavy atom. The van der Waals surface area contributed by atoms with Crippen molar-refractivity contribution in [3.8, 4) is 0 Å². The van der Waals surface area contributed by atoms with E-state index in [1.54, 1.807) is 13.8 Å². The molecule has 1 fully saturated rings. The van der Waals surface area contributed by atoms with Crippen LogP contribution in [0.25, 0.3) is 0 Å². The molecule has 22 heavy (non-hydrogen) atoms. The highest BCUT2D eigenvalue weighted by molar-refractivity contribution is 5.95. The van der Waals surface area contributed by atoms with Crippen molar-refractivity contribution >= 4 is 17.6 Å². The van der Waals surface area contributed by atoms with E-state index in [-0.39, 0.29) is 30.4 Å². The molecule has 1 aliphatic heterocycles. The minimum absolute atomic E-state index is 0.0355. The highest BCUT2D eigenvalue weighted by Crippen LogP contribution is 2.18. The zero-order valence-electron chi connectivity index (χ0n) is 13.5. The summed E-state index contributed by atoms with van der Waals surface area (Å²) < 4.78 is 5.17. The summed E-state index contributed by atoms with van der Waals surface area (Å²) in [6.07, 6.45) is 1.97. The van der Waals surface area contributed by atoms with Crippen LogP contribution in [0.1, 0.15) is 32.3 Å². The van der Waals surface area contributed by atoms with Crippen LogP contribution in [0.3, 0.4) is 0 Å². The van der Waals surface area contributed by atoms with Crippen LogP contribution in [-0.4, -0.2) is 36.4 Å². The molecule has 1 aliphatic rings.